The molecular weight excluding hydrogens is 571 g/mol. The normalized spacial score (nSPS) is 12.2. The molecule has 0 saturated heterocycles. The number of likely N-dealkylation sites (N-methyl/N-ethyl adjacent to an activating group) is 1. The van der Waals surface area contributed by atoms with Gasteiger partial charge in [-0.15, -0.1) is 0 Å². The molecule has 1 aromatic heterocycles. The molecule has 0 unspecified atom stereocenters. The molecule has 3 N–H and O–H groups in total. The Hall–Kier alpha value is -3.15. The first-order valence-electron chi connectivity index (χ1n) is 12.3. The number of carbonyl (C=O) groups is 2. The second kappa shape index (κ2) is 14.5. The van der Waals surface area contributed by atoms with Crippen LogP contribution in [-0.2, 0) is 25.0 Å². The average molecular weight is 600 g/mol. The van der Waals surface area contributed by atoms with Crippen LogP contribution in [0.4, 0.5) is 19.4 Å². The van der Waals surface area contributed by atoms with E-state index < -0.39 is 31.6 Å². The molecule has 2 aromatic carbocycles. The van der Waals surface area contributed by atoms with Crippen molar-refractivity contribution in [3.05, 3.63) is 70.9 Å². The number of hydrogen-bond acceptors (Lipinski definition) is 6. The molecule has 0 aliphatic heterocycles. The van der Waals surface area contributed by atoms with Gasteiger partial charge in [0.15, 0.2) is 0 Å². The Morgan fingerprint density at radius 1 is 1.15 bits per heavy atom. The van der Waals surface area contributed by atoms with Gasteiger partial charge >= 0.3 is 13.9 Å². The van der Waals surface area contributed by atoms with Gasteiger partial charge in [-0.25, -0.2) is 23.1 Å². The van der Waals surface area contributed by atoms with Crippen LogP contribution in [0, 0.1) is 11.6 Å². The third kappa shape index (κ3) is 9.79. The van der Waals surface area contributed by atoms with Crippen molar-refractivity contribution in [1.29, 1.82) is 0 Å². The number of ether oxygens (including phenoxy) is 1. The lowest BCUT2D eigenvalue weighted by Gasteiger charge is -2.28. The second-order valence-electron chi connectivity index (χ2n) is 8.98. The van der Waals surface area contributed by atoms with Crippen LogP contribution in [0.15, 0.2) is 48.7 Å². The topological polar surface area (TPSA) is 138 Å². The van der Waals surface area contributed by atoms with Gasteiger partial charge in [-0.1, -0.05) is 23.7 Å². The largest absolute Gasteiger partial charge is 0.469 e. The molecule has 1 atom stereocenters. The van der Waals surface area contributed by atoms with E-state index in [0.717, 1.165) is 0 Å². The summed E-state index contributed by atoms with van der Waals surface area (Å²) < 4.78 is 47.9. The average Bonchev–Trinajstić information content (AvgIpc) is 2.89. The van der Waals surface area contributed by atoms with Gasteiger partial charge in [0.05, 0.1) is 17.7 Å². The summed E-state index contributed by atoms with van der Waals surface area (Å²) in [6.07, 6.45) is 1.86. The smallest absolute Gasteiger partial charge is 0.447 e. The summed E-state index contributed by atoms with van der Waals surface area (Å²) >= 11 is 5.98. The van der Waals surface area contributed by atoms with Gasteiger partial charge in [0.1, 0.15) is 24.1 Å². The van der Waals surface area contributed by atoms with Gasteiger partial charge in [-0.3, -0.25) is 14.6 Å². The van der Waals surface area contributed by atoms with E-state index in [9.17, 15) is 22.9 Å². The number of fused-ring (bicyclic) bond motifs is 1. The van der Waals surface area contributed by atoms with Crippen LogP contribution < -0.4 is 5.32 Å². The highest BCUT2D eigenvalue weighted by Gasteiger charge is 2.22. The fourth-order valence-corrected chi connectivity index (χ4v) is 4.50. The van der Waals surface area contributed by atoms with Crippen molar-refractivity contribution in [2.45, 2.75) is 38.1 Å². The first kappa shape index (κ1) is 31.4. The fraction of sp³-hybridized carbons (Fsp3) is 0.346. The molecule has 0 aliphatic rings. The molecule has 3 aromatic rings. The Kier molecular flexibility index (Phi) is 11.4. The lowest BCUT2D eigenvalue weighted by molar-refractivity contribution is -0.132. The number of aromatic nitrogens is 1. The number of amides is 2. The summed E-state index contributed by atoms with van der Waals surface area (Å²) in [5.41, 5.74) is 0.480. The summed E-state index contributed by atoms with van der Waals surface area (Å²) in [7, 11) is -3.06. The van der Waals surface area contributed by atoms with E-state index in [1.54, 1.807) is 12.1 Å². The summed E-state index contributed by atoms with van der Waals surface area (Å²) in [6, 6.07) is 9.41. The lowest BCUT2D eigenvalue weighted by Crippen LogP contribution is -2.41. The van der Waals surface area contributed by atoms with Crippen molar-refractivity contribution in [3.63, 3.8) is 0 Å². The first-order chi connectivity index (χ1) is 18.9. The predicted octanol–water partition coefficient (Wildman–Crippen LogP) is 5.45. The molecule has 1 heterocycles. The number of rotatable bonds is 13. The number of carbonyl (C=O) groups excluding carboxylic acids is 2. The maximum Gasteiger partial charge on any atom is 0.469 e. The highest BCUT2D eigenvalue weighted by molar-refractivity contribution is 7.46. The number of aryl methyl sites for hydroxylation is 1. The Bertz CT molecular complexity index is 1390. The van der Waals surface area contributed by atoms with Crippen molar-refractivity contribution in [2.75, 3.05) is 25.6 Å². The highest BCUT2D eigenvalue weighted by Crippen LogP contribution is 2.35. The van der Waals surface area contributed by atoms with Gasteiger partial charge in [0, 0.05) is 25.1 Å². The van der Waals surface area contributed by atoms with Gasteiger partial charge in [-0.2, -0.15) is 0 Å². The summed E-state index contributed by atoms with van der Waals surface area (Å²) in [4.78, 5) is 48.6. The summed E-state index contributed by atoms with van der Waals surface area (Å²) in [5.74, 6) is -1.18. The highest BCUT2D eigenvalue weighted by atomic mass is 35.5. The zero-order valence-electron chi connectivity index (χ0n) is 21.6. The van der Waals surface area contributed by atoms with Crippen molar-refractivity contribution >= 4 is 48.0 Å². The molecule has 216 valence electrons. The van der Waals surface area contributed by atoms with Crippen molar-refractivity contribution in [3.8, 4) is 0 Å². The minimum absolute atomic E-state index is 0.0151. The van der Waals surface area contributed by atoms with Gasteiger partial charge < -0.3 is 19.4 Å². The van der Waals surface area contributed by atoms with Crippen LogP contribution in [0.1, 0.15) is 31.2 Å². The standard InChI is InChI=1S/C26H29ClF2N3O7P/c1-32(24(33)11-9-17-5-4-7-22(29)25(17)27)21(6-2-3-12-39-40(35,36)37)16-38-26(34)31-23-14-19-13-20(28)10-8-18(19)15-30-23/h4-5,7-8,10,13-15,21H,2-3,6,9,11-12,16H2,1H3,(H,30,31,34)(H2,35,36,37)/t21-/m0/s1. The molecule has 0 fully saturated rings. The molecule has 10 nitrogen and oxygen atoms in total. The van der Waals surface area contributed by atoms with Crippen LogP contribution >= 0.6 is 19.4 Å². The van der Waals surface area contributed by atoms with E-state index in [4.69, 9.17) is 26.1 Å². The van der Waals surface area contributed by atoms with E-state index in [1.807, 2.05) is 0 Å². The Morgan fingerprint density at radius 3 is 2.67 bits per heavy atom. The number of anilines is 1. The molecule has 40 heavy (non-hydrogen) atoms. The Balaban J connectivity index is 1.60. The SMILES string of the molecule is CN(C(=O)CCc1cccc(F)c1Cl)[C@@H](CCCCOP(=O)(O)O)COC(=O)Nc1cc2cc(F)ccc2cn1. The van der Waals surface area contributed by atoms with E-state index in [0.29, 0.717) is 29.2 Å². The number of phosphoric ester groups is 1. The van der Waals surface area contributed by atoms with E-state index in [1.165, 1.54) is 48.5 Å². The van der Waals surface area contributed by atoms with Gasteiger partial charge in [0.2, 0.25) is 5.91 Å². The second-order valence-corrected chi connectivity index (χ2v) is 10.6. The van der Waals surface area contributed by atoms with Crippen molar-refractivity contribution in [2.24, 2.45) is 0 Å². The molecule has 14 heteroatoms. The molecule has 3 rings (SSSR count). The molecule has 0 radical (unpaired) electrons. The fourth-order valence-electron chi connectivity index (χ4n) is 3.91. The van der Waals surface area contributed by atoms with Gasteiger partial charge in [-0.05, 0) is 67.0 Å². The Labute approximate surface area is 234 Å². The lowest BCUT2D eigenvalue weighted by atomic mass is 10.1. The number of unbranched alkanes of at least 4 members (excludes halogenated alkanes) is 1. The Morgan fingerprint density at radius 2 is 1.93 bits per heavy atom. The van der Waals surface area contributed by atoms with Gasteiger partial charge in [0.25, 0.3) is 0 Å². The van der Waals surface area contributed by atoms with E-state index in [-0.39, 0.29) is 49.2 Å². The zero-order valence-corrected chi connectivity index (χ0v) is 23.2. The van der Waals surface area contributed by atoms with Crippen LogP contribution in [0.5, 0.6) is 0 Å². The molecule has 0 spiro atoms. The quantitative estimate of drug-likeness (QED) is 0.174. The molecular formula is C26H29ClF2N3O7P. The zero-order chi connectivity index (χ0) is 29.3. The number of nitrogens with zero attached hydrogens (tertiary/aromatic N) is 2. The maximum atomic E-state index is 13.7. The number of phosphoric acid groups is 1. The minimum atomic E-state index is -4.59. The minimum Gasteiger partial charge on any atom is -0.447 e. The summed E-state index contributed by atoms with van der Waals surface area (Å²) in [5, 5.41) is 3.64. The van der Waals surface area contributed by atoms with Crippen molar-refractivity contribution in [1.82, 2.24) is 9.88 Å². The first-order valence-corrected chi connectivity index (χ1v) is 14.2. The van der Waals surface area contributed by atoms with E-state index >= 15 is 0 Å². The molecule has 2 amide bonds. The molecule has 0 bridgehead atoms. The van der Waals surface area contributed by atoms with Crippen LogP contribution in [-0.4, -0.2) is 58.0 Å². The number of nitrogens with one attached hydrogen (secondary N) is 1. The third-order valence-electron chi connectivity index (χ3n) is 6.09. The summed E-state index contributed by atoms with van der Waals surface area (Å²) in [6.45, 7) is -0.390. The number of pyridine rings is 1. The third-order valence-corrected chi connectivity index (χ3v) is 7.03. The van der Waals surface area contributed by atoms with E-state index in [2.05, 4.69) is 14.8 Å². The monoisotopic (exact) mass is 599 g/mol. The number of hydrogen-bond donors (Lipinski definition) is 3. The van der Waals surface area contributed by atoms with Crippen molar-refractivity contribution < 1.29 is 42.0 Å². The van der Waals surface area contributed by atoms with Crippen LogP contribution in [0.25, 0.3) is 10.8 Å². The predicted molar refractivity (Wildman–Crippen MR) is 145 cm³/mol. The molecule has 0 saturated carbocycles. The maximum absolute atomic E-state index is 13.7. The molecule has 0 aliphatic carbocycles. The number of benzene rings is 2. The van der Waals surface area contributed by atoms with Crippen LogP contribution in [0.2, 0.25) is 5.02 Å². The van der Waals surface area contributed by atoms with Crippen LogP contribution in [0.3, 0.4) is 0 Å². The number of halogens is 3.